The number of rotatable bonds is 3. The molecule has 3 rings (SSSR count). The summed E-state index contributed by atoms with van der Waals surface area (Å²) >= 11 is 0. The largest absolute Gasteiger partial charge is 0.553 e. The number of anilines is 1. The van der Waals surface area contributed by atoms with Crippen molar-refractivity contribution in [2.45, 2.75) is 24.5 Å². The summed E-state index contributed by atoms with van der Waals surface area (Å²) in [5.74, 6) is 0.236. The monoisotopic (exact) mass is 369 g/mol. The van der Waals surface area contributed by atoms with Crippen LogP contribution >= 0.6 is 0 Å². The van der Waals surface area contributed by atoms with Crippen LogP contribution in [0.3, 0.4) is 0 Å². The molecule has 3 heterocycles. The van der Waals surface area contributed by atoms with E-state index in [-0.39, 0.29) is 45.1 Å². The number of aliphatic hydroxyl groups excluding tert-OH is 2. The zero-order valence-corrected chi connectivity index (χ0v) is 13.9. The summed E-state index contributed by atoms with van der Waals surface area (Å²) in [6, 6.07) is 0. The van der Waals surface area contributed by atoms with Crippen molar-refractivity contribution in [1.29, 1.82) is 0 Å². The van der Waals surface area contributed by atoms with Crippen LogP contribution in [0.2, 0.25) is 0 Å². The summed E-state index contributed by atoms with van der Waals surface area (Å²) in [6.45, 7) is 0.0679. The predicted octanol–water partition coefficient (Wildman–Crippen LogP) is -1.17. The molecule has 10 heteroatoms. The van der Waals surface area contributed by atoms with Crippen molar-refractivity contribution in [2.75, 3.05) is 12.3 Å². The van der Waals surface area contributed by atoms with Gasteiger partial charge >= 0.3 is 0 Å². The van der Waals surface area contributed by atoms with Gasteiger partial charge in [-0.15, -0.1) is 0 Å². The van der Waals surface area contributed by atoms with Crippen LogP contribution in [0.4, 0.5) is 5.82 Å². The van der Waals surface area contributed by atoms with Crippen LogP contribution in [-0.2, 0) is 42.2 Å². The molecular formula is C11H14N5O4Y-. The fraction of sp³-hybridized carbons (Fsp3) is 0.455. The Morgan fingerprint density at radius 2 is 2.10 bits per heavy atom. The summed E-state index contributed by atoms with van der Waals surface area (Å²) in [6.07, 6.45) is -0.996. The molecular weight excluding hydrogens is 355 g/mol. The van der Waals surface area contributed by atoms with Crippen molar-refractivity contribution in [3.63, 3.8) is 0 Å². The van der Waals surface area contributed by atoms with E-state index in [0.717, 1.165) is 0 Å². The number of hydrogen-bond acceptors (Lipinski definition) is 8. The molecule has 111 valence electrons. The number of hydrogen-bond donors (Lipinski definition) is 3. The third-order valence-electron chi connectivity index (χ3n) is 3.28. The Hall–Kier alpha value is -0.706. The molecule has 1 radical (unpaired) electrons. The smallest absolute Gasteiger partial charge is 0.167 e. The standard InChI is InChI=1S/C11H14N5O4.Y/c1-19-2-5-7(17)8(18)11(20-5)16-4-15-6-9(12)13-3-14-10(6)16;/h3-5,7-8,11,17-18H,1-2H2,(H2,12,13,14);/q-1;/t5-,7-,8-,11?;/m1./s1. The van der Waals surface area contributed by atoms with Crippen LogP contribution in [0.15, 0.2) is 12.7 Å². The number of nitrogen functional groups attached to an aromatic ring is 1. The van der Waals surface area contributed by atoms with Crippen molar-refractivity contribution in [2.24, 2.45) is 0 Å². The second-order valence-corrected chi connectivity index (χ2v) is 4.50. The fourth-order valence-corrected chi connectivity index (χ4v) is 2.27. The minimum absolute atomic E-state index is 0. The van der Waals surface area contributed by atoms with Gasteiger partial charge in [0.25, 0.3) is 0 Å². The number of aromatic nitrogens is 4. The first-order chi connectivity index (χ1) is 9.63. The number of ether oxygens (including phenoxy) is 2. The predicted molar refractivity (Wildman–Crippen MR) is 67.0 cm³/mol. The van der Waals surface area contributed by atoms with E-state index in [1.807, 2.05) is 0 Å². The van der Waals surface area contributed by atoms with E-state index >= 15 is 0 Å². The summed E-state index contributed by atoms with van der Waals surface area (Å²) < 4.78 is 11.8. The first kappa shape index (κ1) is 16.7. The number of nitrogens with zero attached hydrogens (tertiary/aromatic N) is 4. The van der Waals surface area contributed by atoms with Gasteiger partial charge in [-0.25, -0.2) is 22.1 Å². The van der Waals surface area contributed by atoms with Crippen LogP contribution in [0.25, 0.3) is 11.2 Å². The zero-order chi connectivity index (χ0) is 14.3. The quantitative estimate of drug-likeness (QED) is 0.578. The van der Waals surface area contributed by atoms with E-state index in [1.165, 1.54) is 17.2 Å². The molecule has 0 aromatic carbocycles. The summed E-state index contributed by atoms with van der Waals surface area (Å²) in [4.78, 5) is 12.0. The molecule has 21 heavy (non-hydrogen) atoms. The Bertz CT molecular complexity index is 624. The van der Waals surface area contributed by atoms with Gasteiger partial charge in [-0.2, -0.15) is 0 Å². The Balaban J connectivity index is 0.00000161. The van der Waals surface area contributed by atoms with E-state index in [2.05, 4.69) is 22.1 Å². The molecule has 2 aromatic rings. The van der Waals surface area contributed by atoms with Gasteiger partial charge in [0.15, 0.2) is 17.7 Å². The van der Waals surface area contributed by atoms with E-state index in [0.29, 0.717) is 11.2 Å². The molecule has 2 aromatic heterocycles. The van der Waals surface area contributed by atoms with Gasteiger partial charge in [-0.05, 0) is 0 Å². The molecule has 0 spiro atoms. The maximum atomic E-state index is 10.1. The van der Waals surface area contributed by atoms with Crippen LogP contribution in [0, 0.1) is 7.11 Å². The molecule has 4 N–H and O–H groups in total. The number of fused-ring (bicyclic) bond motifs is 1. The van der Waals surface area contributed by atoms with Crippen molar-refractivity contribution in [3.05, 3.63) is 19.8 Å². The molecule has 9 nitrogen and oxygen atoms in total. The molecule has 0 bridgehead atoms. The van der Waals surface area contributed by atoms with E-state index in [1.54, 1.807) is 0 Å². The molecule has 1 aliphatic rings. The van der Waals surface area contributed by atoms with Crippen molar-refractivity contribution in [1.82, 2.24) is 19.5 Å². The SMILES string of the molecule is [CH2-]OC[C@H]1OC(n2cnc3c(N)ncnc32)[C@H](O)[C@@H]1O.[Y]. The van der Waals surface area contributed by atoms with E-state index in [4.69, 9.17) is 15.2 Å². The van der Waals surface area contributed by atoms with Crippen molar-refractivity contribution >= 4 is 17.0 Å². The number of aliphatic hydroxyl groups is 2. The molecule has 1 fully saturated rings. The third-order valence-corrected chi connectivity index (χ3v) is 3.28. The molecule has 0 amide bonds. The van der Waals surface area contributed by atoms with Crippen LogP contribution in [0.1, 0.15) is 6.23 Å². The van der Waals surface area contributed by atoms with Gasteiger partial charge < -0.3 is 25.4 Å². The minimum Gasteiger partial charge on any atom is -0.553 e. The van der Waals surface area contributed by atoms with Crippen molar-refractivity contribution < 1.29 is 52.4 Å². The minimum atomic E-state index is -1.14. The average molecular weight is 369 g/mol. The number of imidazole rings is 1. The molecule has 1 saturated heterocycles. The molecule has 0 aliphatic carbocycles. The number of nitrogens with two attached hydrogens (primary N) is 1. The van der Waals surface area contributed by atoms with Gasteiger partial charge in [0, 0.05) is 39.3 Å². The average Bonchev–Trinajstić information content (AvgIpc) is 2.97. The van der Waals surface area contributed by atoms with Crippen molar-refractivity contribution in [3.8, 4) is 0 Å². The van der Waals surface area contributed by atoms with Gasteiger partial charge in [0.05, 0.1) is 6.33 Å². The van der Waals surface area contributed by atoms with Gasteiger partial charge in [0.2, 0.25) is 0 Å². The van der Waals surface area contributed by atoms with Gasteiger partial charge in [-0.3, -0.25) is 4.57 Å². The Labute approximate surface area is 145 Å². The Morgan fingerprint density at radius 3 is 2.81 bits per heavy atom. The third kappa shape index (κ3) is 2.81. The zero-order valence-electron chi connectivity index (χ0n) is 11.0. The van der Waals surface area contributed by atoms with Gasteiger partial charge in [0.1, 0.15) is 30.2 Å². The first-order valence-corrected chi connectivity index (χ1v) is 5.95. The topological polar surface area (TPSA) is 129 Å². The summed E-state index contributed by atoms with van der Waals surface area (Å²) in [5.41, 5.74) is 6.53. The molecule has 4 atom stereocenters. The second kappa shape index (κ2) is 6.59. The first-order valence-electron chi connectivity index (χ1n) is 5.95. The maximum absolute atomic E-state index is 10.1. The Morgan fingerprint density at radius 1 is 1.33 bits per heavy atom. The molecule has 1 unspecified atom stereocenters. The maximum Gasteiger partial charge on any atom is 0.167 e. The van der Waals surface area contributed by atoms with Crippen LogP contribution in [-0.4, -0.2) is 54.7 Å². The molecule has 0 saturated carbocycles. The fourth-order valence-electron chi connectivity index (χ4n) is 2.27. The summed E-state index contributed by atoms with van der Waals surface area (Å²) in [7, 11) is 3.23. The Kier molecular flexibility index (Phi) is 5.23. The normalized spacial score (nSPS) is 28.7. The molecule has 1 aliphatic heterocycles. The van der Waals surface area contributed by atoms with E-state index < -0.39 is 24.5 Å². The van der Waals surface area contributed by atoms with Crippen LogP contribution < -0.4 is 5.73 Å². The van der Waals surface area contributed by atoms with Gasteiger partial charge in [-0.1, -0.05) is 0 Å². The second-order valence-electron chi connectivity index (χ2n) is 4.50. The van der Waals surface area contributed by atoms with Crippen LogP contribution in [0.5, 0.6) is 0 Å². The summed E-state index contributed by atoms with van der Waals surface area (Å²) in [5, 5.41) is 20.0. The van der Waals surface area contributed by atoms with E-state index in [9.17, 15) is 10.2 Å².